The summed E-state index contributed by atoms with van der Waals surface area (Å²) in [7, 11) is 0. The van der Waals surface area contributed by atoms with Gasteiger partial charge < -0.3 is 4.74 Å². The first-order valence-electron chi connectivity index (χ1n) is 6.90. The number of ether oxygens (including phenoxy) is 1. The van der Waals surface area contributed by atoms with Crippen molar-refractivity contribution in [1.82, 2.24) is 0 Å². The lowest BCUT2D eigenvalue weighted by Crippen LogP contribution is -2.13. The fraction of sp³-hybridized carbons (Fsp3) is 0.929. The average molecular weight is 244 g/mol. The number of rotatable bonds is 10. The first kappa shape index (κ1) is 15.9. The van der Waals surface area contributed by atoms with Crippen LogP contribution in [0.15, 0.2) is 0 Å². The molecule has 0 aliphatic heterocycles. The van der Waals surface area contributed by atoms with Crippen LogP contribution in [0.5, 0.6) is 0 Å². The summed E-state index contributed by atoms with van der Waals surface area (Å²) in [6, 6.07) is 0. The monoisotopic (exact) mass is 244 g/mol. The summed E-state index contributed by atoms with van der Waals surface area (Å²) in [6.07, 6.45) is 11.3. The maximum atomic E-state index is 5.69. The summed E-state index contributed by atoms with van der Waals surface area (Å²) in [5.41, 5.74) is 0. The minimum absolute atomic E-state index is 0.308. The highest BCUT2D eigenvalue weighted by Crippen LogP contribution is 2.10. The van der Waals surface area contributed by atoms with E-state index in [1.807, 2.05) is 0 Å². The van der Waals surface area contributed by atoms with E-state index in [1.165, 1.54) is 44.9 Å². The fourth-order valence-corrected chi connectivity index (χ4v) is 2.02. The Labute approximate surface area is 107 Å². The lowest BCUT2D eigenvalue weighted by molar-refractivity contribution is 0.194. The Kier molecular flexibility index (Phi) is 11.3. The Morgan fingerprint density at radius 2 is 1.62 bits per heavy atom. The second-order valence-corrected chi connectivity index (χ2v) is 5.06. The summed E-state index contributed by atoms with van der Waals surface area (Å²) >= 11 is 5.24. The van der Waals surface area contributed by atoms with E-state index >= 15 is 0 Å². The number of hydrogen-bond donors (Lipinski definition) is 0. The molecule has 0 saturated heterocycles. The molecule has 0 aromatic carbocycles. The molecular formula is C14H28OS. The zero-order valence-electron chi connectivity index (χ0n) is 11.3. The molecule has 1 nitrogen and oxygen atoms in total. The summed E-state index contributed by atoms with van der Waals surface area (Å²) in [4.78, 5) is 0. The first-order valence-corrected chi connectivity index (χ1v) is 7.31. The van der Waals surface area contributed by atoms with Crippen molar-refractivity contribution in [1.29, 1.82) is 0 Å². The molecule has 0 spiro atoms. The molecule has 1 atom stereocenters. The van der Waals surface area contributed by atoms with E-state index in [4.69, 9.17) is 17.0 Å². The Bertz CT molecular complexity index is 168. The quantitative estimate of drug-likeness (QED) is 0.382. The summed E-state index contributed by atoms with van der Waals surface area (Å²) in [5.74, 6) is 0. The standard InChI is InChI=1S/C14H28OS/c1-4-6-8-9-10-12-14(16)15-13(3)11-7-5-2/h13H,4-12H2,1-3H3. The zero-order valence-corrected chi connectivity index (χ0v) is 12.1. The van der Waals surface area contributed by atoms with E-state index in [0.29, 0.717) is 6.10 Å². The van der Waals surface area contributed by atoms with E-state index in [1.54, 1.807) is 0 Å². The van der Waals surface area contributed by atoms with Gasteiger partial charge in [0.1, 0.15) is 0 Å². The van der Waals surface area contributed by atoms with E-state index in [2.05, 4.69) is 20.8 Å². The van der Waals surface area contributed by atoms with Crippen molar-refractivity contribution >= 4 is 17.3 Å². The highest BCUT2D eigenvalue weighted by Gasteiger charge is 2.05. The molecule has 0 saturated carbocycles. The molecule has 0 aromatic rings. The molecule has 2 heteroatoms. The highest BCUT2D eigenvalue weighted by atomic mass is 32.1. The molecule has 0 aromatic heterocycles. The van der Waals surface area contributed by atoms with Gasteiger partial charge in [0.15, 0.2) is 5.05 Å². The van der Waals surface area contributed by atoms with Gasteiger partial charge in [-0.25, -0.2) is 0 Å². The largest absolute Gasteiger partial charge is 0.484 e. The van der Waals surface area contributed by atoms with Crippen LogP contribution >= 0.6 is 12.2 Å². The minimum atomic E-state index is 0.308. The molecule has 0 N–H and O–H groups in total. The lowest BCUT2D eigenvalue weighted by atomic mass is 10.1. The topological polar surface area (TPSA) is 9.23 Å². The second-order valence-electron chi connectivity index (χ2n) is 4.61. The van der Waals surface area contributed by atoms with E-state index < -0.39 is 0 Å². The molecule has 1 unspecified atom stereocenters. The summed E-state index contributed by atoms with van der Waals surface area (Å²) in [5, 5.41) is 0.820. The van der Waals surface area contributed by atoms with Crippen molar-refractivity contribution in [3.05, 3.63) is 0 Å². The molecule has 0 bridgehead atoms. The van der Waals surface area contributed by atoms with Gasteiger partial charge in [0.2, 0.25) is 0 Å². The molecular weight excluding hydrogens is 216 g/mol. The molecule has 0 fully saturated rings. The van der Waals surface area contributed by atoms with Crippen LogP contribution in [0.4, 0.5) is 0 Å². The van der Waals surface area contributed by atoms with Gasteiger partial charge in [-0.15, -0.1) is 0 Å². The predicted octanol–water partition coefficient (Wildman–Crippen LogP) is 5.27. The molecule has 0 amide bonds. The van der Waals surface area contributed by atoms with Gasteiger partial charge in [-0.1, -0.05) is 52.4 Å². The Morgan fingerprint density at radius 3 is 2.25 bits per heavy atom. The smallest absolute Gasteiger partial charge is 0.160 e. The third-order valence-corrected chi connectivity index (χ3v) is 3.08. The number of thiocarbonyl (C=S) groups is 1. The molecule has 96 valence electrons. The van der Waals surface area contributed by atoms with Gasteiger partial charge in [0, 0.05) is 6.42 Å². The van der Waals surface area contributed by atoms with Crippen LogP contribution < -0.4 is 0 Å². The van der Waals surface area contributed by atoms with Gasteiger partial charge in [0.05, 0.1) is 6.10 Å². The predicted molar refractivity (Wildman–Crippen MR) is 76.0 cm³/mol. The second kappa shape index (κ2) is 11.4. The van der Waals surface area contributed by atoms with Crippen molar-refractivity contribution < 1.29 is 4.74 Å². The molecule has 0 aliphatic carbocycles. The van der Waals surface area contributed by atoms with E-state index in [9.17, 15) is 0 Å². The third kappa shape index (κ3) is 10.4. The van der Waals surface area contributed by atoms with Gasteiger partial charge in [0.25, 0.3) is 0 Å². The van der Waals surface area contributed by atoms with Crippen molar-refractivity contribution in [2.24, 2.45) is 0 Å². The molecule has 0 aliphatic rings. The van der Waals surface area contributed by atoms with Crippen LogP contribution in [0, 0.1) is 0 Å². The van der Waals surface area contributed by atoms with Crippen LogP contribution in [-0.2, 0) is 4.74 Å². The highest BCUT2D eigenvalue weighted by molar-refractivity contribution is 7.80. The minimum Gasteiger partial charge on any atom is -0.484 e. The lowest BCUT2D eigenvalue weighted by Gasteiger charge is -2.14. The van der Waals surface area contributed by atoms with Gasteiger partial charge in [-0.2, -0.15) is 0 Å². The maximum Gasteiger partial charge on any atom is 0.160 e. The molecule has 0 radical (unpaired) electrons. The molecule has 0 rings (SSSR count). The van der Waals surface area contributed by atoms with Gasteiger partial charge in [-0.05, 0) is 32.0 Å². The summed E-state index contributed by atoms with van der Waals surface area (Å²) < 4.78 is 5.69. The Morgan fingerprint density at radius 1 is 1.00 bits per heavy atom. The van der Waals surface area contributed by atoms with Gasteiger partial charge >= 0.3 is 0 Å². The van der Waals surface area contributed by atoms with Crippen LogP contribution in [0.3, 0.4) is 0 Å². The van der Waals surface area contributed by atoms with Crippen molar-refractivity contribution in [2.45, 2.75) is 84.7 Å². The van der Waals surface area contributed by atoms with Crippen molar-refractivity contribution in [3.8, 4) is 0 Å². The SMILES string of the molecule is CCCCCCCC(=S)OC(C)CCCC. The Hall–Kier alpha value is -0.110. The number of unbranched alkanes of at least 4 members (excludes halogenated alkanes) is 5. The summed E-state index contributed by atoms with van der Waals surface area (Å²) in [6.45, 7) is 6.57. The van der Waals surface area contributed by atoms with E-state index in [-0.39, 0.29) is 0 Å². The van der Waals surface area contributed by atoms with Gasteiger partial charge in [-0.3, -0.25) is 0 Å². The fourth-order valence-electron chi connectivity index (χ4n) is 1.71. The Balaban J connectivity index is 3.36. The van der Waals surface area contributed by atoms with Crippen LogP contribution in [0.25, 0.3) is 0 Å². The normalized spacial score (nSPS) is 12.4. The van der Waals surface area contributed by atoms with Crippen LogP contribution in [0.2, 0.25) is 0 Å². The first-order chi connectivity index (χ1) is 7.70. The maximum absolute atomic E-state index is 5.69. The van der Waals surface area contributed by atoms with Crippen LogP contribution in [0.1, 0.15) is 78.6 Å². The van der Waals surface area contributed by atoms with Crippen molar-refractivity contribution in [2.75, 3.05) is 0 Å². The zero-order chi connectivity index (χ0) is 12.2. The van der Waals surface area contributed by atoms with Crippen LogP contribution in [-0.4, -0.2) is 11.2 Å². The number of hydrogen-bond acceptors (Lipinski definition) is 2. The third-order valence-electron chi connectivity index (χ3n) is 2.78. The molecule has 16 heavy (non-hydrogen) atoms. The van der Waals surface area contributed by atoms with Crippen molar-refractivity contribution in [3.63, 3.8) is 0 Å². The molecule has 0 heterocycles. The average Bonchev–Trinajstić information content (AvgIpc) is 2.26. The van der Waals surface area contributed by atoms with E-state index in [0.717, 1.165) is 17.9 Å².